The van der Waals surface area contributed by atoms with Crippen LogP contribution in [-0.2, 0) is 4.79 Å². The van der Waals surface area contributed by atoms with Crippen molar-refractivity contribution < 1.29 is 4.79 Å². The molecule has 1 atom stereocenters. The molecule has 0 bridgehead atoms. The summed E-state index contributed by atoms with van der Waals surface area (Å²) in [5.74, 6) is -0.270. The Hall–Kier alpha value is -2.96. The van der Waals surface area contributed by atoms with Crippen LogP contribution in [0.15, 0.2) is 59.0 Å². The summed E-state index contributed by atoms with van der Waals surface area (Å²) >= 11 is 7.39. The number of anilines is 1. The summed E-state index contributed by atoms with van der Waals surface area (Å²) in [5.41, 5.74) is 4.26. The lowest BCUT2D eigenvalue weighted by atomic mass is 10.1. The van der Waals surface area contributed by atoms with Crippen molar-refractivity contribution in [3.05, 3.63) is 80.7 Å². The molecule has 2 aromatic heterocycles. The van der Waals surface area contributed by atoms with E-state index in [0.29, 0.717) is 15.2 Å². The molecule has 0 aliphatic heterocycles. The van der Waals surface area contributed by atoms with Crippen molar-refractivity contribution in [3.8, 4) is 11.1 Å². The van der Waals surface area contributed by atoms with E-state index in [1.165, 1.54) is 22.2 Å². The number of hydrogen-bond donors (Lipinski definition) is 1. The molecule has 30 heavy (non-hydrogen) atoms. The van der Waals surface area contributed by atoms with E-state index in [-0.39, 0.29) is 11.5 Å². The first-order chi connectivity index (χ1) is 14.3. The SMILES string of the molecule is Cc1ccc(NC(=O)C(C)n2cnc3scc(-c4ccc(Cl)cc4)c3c2=O)c(C)c1. The Morgan fingerprint density at radius 2 is 1.90 bits per heavy atom. The van der Waals surface area contributed by atoms with Crippen molar-refractivity contribution in [2.45, 2.75) is 26.8 Å². The Morgan fingerprint density at radius 1 is 1.17 bits per heavy atom. The summed E-state index contributed by atoms with van der Waals surface area (Å²) in [6.45, 7) is 5.64. The predicted molar refractivity (Wildman–Crippen MR) is 124 cm³/mol. The largest absolute Gasteiger partial charge is 0.324 e. The third kappa shape index (κ3) is 3.76. The molecular weight excluding hydrogens is 418 g/mol. The average molecular weight is 438 g/mol. The summed E-state index contributed by atoms with van der Waals surface area (Å²) in [6, 6.07) is 12.4. The topological polar surface area (TPSA) is 64.0 Å². The van der Waals surface area contributed by atoms with Gasteiger partial charge in [0.15, 0.2) is 0 Å². The molecule has 0 spiro atoms. The van der Waals surface area contributed by atoms with Crippen LogP contribution in [0.2, 0.25) is 5.02 Å². The Morgan fingerprint density at radius 3 is 2.60 bits per heavy atom. The number of carbonyl (C=O) groups is 1. The maximum Gasteiger partial charge on any atom is 0.263 e. The maximum absolute atomic E-state index is 13.3. The highest BCUT2D eigenvalue weighted by atomic mass is 35.5. The van der Waals surface area contributed by atoms with E-state index < -0.39 is 6.04 Å². The molecule has 0 fully saturated rings. The van der Waals surface area contributed by atoms with Crippen LogP contribution in [0.4, 0.5) is 5.69 Å². The fourth-order valence-corrected chi connectivity index (χ4v) is 4.41. The van der Waals surface area contributed by atoms with E-state index in [1.54, 1.807) is 19.1 Å². The van der Waals surface area contributed by atoms with E-state index in [9.17, 15) is 9.59 Å². The van der Waals surface area contributed by atoms with E-state index in [2.05, 4.69) is 10.3 Å². The van der Waals surface area contributed by atoms with Crippen LogP contribution < -0.4 is 10.9 Å². The maximum atomic E-state index is 13.3. The van der Waals surface area contributed by atoms with Gasteiger partial charge in [-0.15, -0.1) is 11.3 Å². The number of aromatic nitrogens is 2. The number of aryl methyl sites for hydroxylation is 2. The molecule has 2 aromatic carbocycles. The van der Waals surface area contributed by atoms with Gasteiger partial charge in [0.05, 0.1) is 11.7 Å². The molecule has 1 amide bonds. The van der Waals surface area contributed by atoms with Gasteiger partial charge in [-0.1, -0.05) is 41.4 Å². The Bertz CT molecular complexity index is 1310. The summed E-state index contributed by atoms with van der Waals surface area (Å²) in [6.07, 6.45) is 1.44. The van der Waals surface area contributed by atoms with Gasteiger partial charge in [-0.3, -0.25) is 14.2 Å². The Balaban J connectivity index is 1.71. The smallest absolute Gasteiger partial charge is 0.263 e. The highest BCUT2D eigenvalue weighted by molar-refractivity contribution is 7.17. The van der Waals surface area contributed by atoms with Crippen LogP contribution in [0.1, 0.15) is 24.1 Å². The number of carbonyl (C=O) groups excluding carboxylic acids is 1. The number of rotatable bonds is 4. The van der Waals surface area contributed by atoms with Crippen molar-refractivity contribution in [1.82, 2.24) is 9.55 Å². The van der Waals surface area contributed by atoms with Gasteiger partial charge in [0.25, 0.3) is 5.56 Å². The molecule has 5 nitrogen and oxygen atoms in total. The van der Waals surface area contributed by atoms with Gasteiger partial charge in [-0.25, -0.2) is 4.98 Å². The lowest BCUT2D eigenvalue weighted by Gasteiger charge is -2.16. The molecule has 1 N–H and O–H groups in total. The van der Waals surface area contributed by atoms with Crippen molar-refractivity contribution in [1.29, 1.82) is 0 Å². The number of halogens is 1. The number of hydrogen-bond acceptors (Lipinski definition) is 4. The molecule has 152 valence electrons. The number of nitrogens with one attached hydrogen (secondary N) is 1. The predicted octanol–water partition coefficient (Wildman–Crippen LogP) is 5.59. The molecule has 4 aromatic rings. The lowest BCUT2D eigenvalue weighted by Crippen LogP contribution is -2.31. The summed E-state index contributed by atoms with van der Waals surface area (Å²) in [4.78, 5) is 31.2. The van der Waals surface area contributed by atoms with Gasteiger partial charge >= 0.3 is 0 Å². The summed E-state index contributed by atoms with van der Waals surface area (Å²) < 4.78 is 1.38. The van der Waals surface area contributed by atoms with Crippen LogP contribution >= 0.6 is 22.9 Å². The Labute approximate surface area is 183 Å². The van der Waals surface area contributed by atoms with Crippen molar-refractivity contribution in [2.75, 3.05) is 5.32 Å². The van der Waals surface area contributed by atoms with E-state index >= 15 is 0 Å². The second-order valence-electron chi connectivity index (χ2n) is 7.28. The quantitative estimate of drug-likeness (QED) is 0.452. The van der Waals surface area contributed by atoms with E-state index in [1.807, 2.05) is 49.6 Å². The summed E-state index contributed by atoms with van der Waals surface area (Å²) in [7, 11) is 0. The van der Waals surface area contributed by atoms with Crippen LogP contribution in [0, 0.1) is 13.8 Å². The van der Waals surface area contributed by atoms with Crippen LogP contribution in [0.5, 0.6) is 0 Å². The van der Waals surface area contributed by atoms with Gasteiger partial charge in [-0.05, 0) is 50.1 Å². The van der Waals surface area contributed by atoms with Crippen LogP contribution in [0.3, 0.4) is 0 Å². The normalized spacial score (nSPS) is 12.1. The van der Waals surface area contributed by atoms with Gasteiger partial charge in [0, 0.05) is 21.7 Å². The molecule has 0 saturated carbocycles. The molecule has 0 saturated heterocycles. The van der Waals surface area contributed by atoms with Crippen molar-refractivity contribution in [2.24, 2.45) is 0 Å². The van der Waals surface area contributed by atoms with Gasteiger partial charge in [0.1, 0.15) is 10.9 Å². The van der Waals surface area contributed by atoms with Crippen molar-refractivity contribution >= 4 is 44.7 Å². The highest BCUT2D eigenvalue weighted by Crippen LogP contribution is 2.31. The minimum atomic E-state index is -0.715. The molecule has 4 rings (SSSR count). The fourth-order valence-electron chi connectivity index (χ4n) is 3.38. The van der Waals surface area contributed by atoms with Gasteiger partial charge in [-0.2, -0.15) is 0 Å². The zero-order valence-corrected chi connectivity index (χ0v) is 18.3. The van der Waals surface area contributed by atoms with E-state index in [0.717, 1.165) is 27.9 Å². The molecule has 2 heterocycles. The minimum absolute atomic E-state index is 0.241. The third-order valence-electron chi connectivity index (χ3n) is 5.11. The number of thiophene rings is 1. The molecule has 7 heteroatoms. The van der Waals surface area contributed by atoms with Gasteiger partial charge in [0.2, 0.25) is 5.91 Å². The standard InChI is InChI=1S/C23H20ClN3O2S/c1-13-4-9-19(14(2)10-13)26-21(28)15(3)27-12-25-22-20(23(27)29)18(11-30-22)16-5-7-17(24)8-6-16/h4-12,15H,1-3H3,(H,26,28). The first-order valence-electron chi connectivity index (χ1n) is 9.47. The number of fused-ring (bicyclic) bond motifs is 1. The van der Waals surface area contributed by atoms with Gasteiger partial charge < -0.3 is 5.32 Å². The minimum Gasteiger partial charge on any atom is -0.324 e. The molecule has 0 aliphatic carbocycles. The average Bonchev–Trinajstić information content (AvgIpc) is 3.15. The molecule has 0 aliphatic rings. The second kappa shape index (κ2) is 8.05. The molecule has 0 radical (unpaired) electrons. The number of amides is 1. The monoisotopic (exact) mass is 437 g/mol. The summed E-state index contributed by atoms with van der Waals surface area (Å²) in [5, 5.41) is 5.97. The van der Waals surface area contributed by atoms with Crippen molar-refractivity contribution in [3.63, 3.8) is 0 Å². The second-order valence-corrected chi connectivity index (χ2v) is 8.57. The lowest BCUT2D eigenvalue weighted by molar-refractivity contribution is -0.118. The first kappa shape index (κ1) is 20.3. The zero-order chi connectivity index (χ0) is 21.4. The van der Waals surface area contributed by atoms with Crippen LogP contribution in [0.25, 0.3) is 21.3 Å². The van der Waals surface area contributed by atoms with E-state index in [4.69, 9.17) is 11.6 Å². The highest BCUT2D eigenvalue weighted by Gasteiger charge is 2.21. The zero-order valence-electron chi connectivity index (χ0n) is 16.8. The molecular formula is C23H20ClN3O2S. The third-order valence-corrected chi connectivity index (χ3v) is 6.25. The number of benzene rings is 2. The molecule has 1 unspecified atom stereocenters. The van der Waals surface area contributed by atoms with Crippen LogP contribution in [-0.4, -0.2) is 15.5 Å². The Kier molecular flexibility index (Phi) is 5.45. The fraction of sp³-hybridized carbons (Fsp3) is 0.174. The first-order valence-corrected chi connectivity index (χ1v) is 10.7. The number of nitrogens with zero attached hydrogens (tertiary/aromatic N) is 2.